The molecule has 1 aromatic heterocycles. The Morgan fingerprint density at radius 2 is 1.77 bits per heavy atom. The maximum atomic E-state index is 13.2. The molecule has 1 fully saturated rings. The van der Waals surface area contributed by atoms with Gasteiger partial charge in [-0.15, -0.1) is 0 Å². The van der Waals surface area contributed by atoms with Crippen molar-refractivity contribution >= 4 is 11.7 Å². The van der Waals surface area contributed by atoms with E-state index in [1.807, 2.05) is 18.2 Å². The summed E-state index contributed by atoms with van der Waals surface area (Å²) in [5.41, 5.74) is 0.701. The highest BCUT2D eigenvalue weighted by Gasteiger charge is 2.49. The number of carbonyl (C=O) groups is 2. The van der Waals surface area contributed by atoms with Crippen molar-refractivity contribution in [3.63, 3.8) is 0 Å². The monoisotopic (exact) mass is 422 g/mol. The lowest BCUT2D eigenvalue weighted by molar-refractivity contribution is -0.133. The number of Topliss-reactive ketones (excluding diaryl/α,β-unsaturated/α-hetero) is 1. The van der Waals surface area contributed by atoms with E-state index < -0.39 is 23.1 Å². The number of amides is 1. The van der Waals surface area contributed by atoms with E-state index in [1.54, 1.807) is 37.8 Å². The molecule has 31 heavy (non-hydrogen) atoms. The summed E-state index contributed by atoms with van der Waals surface area (Å²) in [5, 5.41) is 10.7. The third-order valence-corrected chi connectivity index (χ3v) is 6.18. The minimum absolute atomic E-state index is 0.0676. The van der Waals surface area contributed by atoms with Gasteiger partial charge in [-0.2, -0.15) is 0 Å². The molecule has 164 valence electrons. The largest absolute Gasteiger partial charge is 0.503 e. The fourth-order valence-electron chi connectivity index (χ4n) is 4.56. The van der Waals surface area contributed by atoms with Gasteiger partial charge >= 0.3 is 0 Å². The van der Waals surface area contributed by atoms with Gasteiger partial charge in [0.05, 0.1) is 11.8 Å². The van der Waals surface area contributed by atoms with Crippen molar-refractivity contribution in [3.05, 3.63) is 71.4 Å². The van der Waals surface area contributed by atoms with Crippen molar-refractivity contribution in [2.24, 2.45) is 5.41 Å². The number of nitrogens with zero attached hydrogens (tertiary/aromatic N) is 2. The summed E-state index contributed by atoms with van der Waals surface area (Å²) in [7, 11) is 0. The molecule has 0 radical (unpaired) electrons. The molecule has 1 N–H and O–H groups in total. The van der Waals surface area contributed by atoms with Crippen molar-refractivity contribution in [1.82, 2.24) is 9.80 Å². The average Bonchev–Trinajstić information content (AvgIpc) is 3.36. The fourth-order valence-corrected chi connectivity index (χ4v) is 4.56. The Balaban J connectivity index is 1.55. The molecular formula is C25H30N2O4. The summed E-state index contributed by atoms with van der Waals surface area (Å²) >= 11 is 0. The Labute approximate surface area is 183 Å². The van der Waals surface area contributed by atoms with Crippen LogP contribution in [0.4, 0.5) is 0 Å². The number of ketones is 1. The second-order valence-electron chi connectivity index (χ2n) is 9.46. The number of benzene rings is 1. The van der Waals surface area contributed by atoms with Gasteiger partial charge in [-0.05, 0) is 30.5 Å². The highest BCUT2D eigenvalue weighted by atomic mass is 16.3. The molecule has 0 aliphatic carbocycles. The fraction of sp³-hybridized carbons (Fsp3) is 0.440. The first kappa shape index (κ1) is 21.4. The molecule has 3 heterocycles. The Bertz CT molecular complexity index is 965. The predicted molar refractivity (Wildman–Crippen MR) is 117 cm³/mol. The number of aliphatic hydroxyl groups excluding tert-OH is 1. The number of furan rings is 1. The molecule has 6 heteroatoms. The first-order valence-electron chi connectivity index (χ1n) is 10.9. The van der Waals surface area contributed by atoms with Gasteiger partial charge < -0.3 is 14.4 Å². The molecule has 0 bridgehead atoms. The molecule has 1 amide bonds. The maximum absolute atomic E-state index is 13.2. The van der Waals surface area contributed by atoms with E-state index in [0.717, 1.165) is 32.5 Å². The van der Waals surface area contributed by atoms with Gasteiger partial charge in [0.15, 0.2) is 11.5 Å². The Kier molecular flexibility index (Phi) is 5.75. The summed E-state index contributed by atoms with van der Waals surface area (Å²) in [6.45, 7) is 7.95. The molecule has 2 aliphatic heterocycles. The molecule has 1 atom stereocenters. The number of carbonyl (C=O) groups excluding carboxylic acids is 2. The van der Waals surface area contributed by atoms with E-state index in [9.17, 15) is 14.7 Å². The minimum atomic E-state index is -0.719. The average molecular weight is 423 g/mol. The zero-order valence-corrected chi connectivity index (χ0v) is 18.4. The molecule has 1 saturated heterocycles. The smallest absolute Gasteiger partial charge is 0.290 e. The molecular weight excluding hydrogens is 392 g/mol. The van der Waals surface area contributed by atoms with Crippen molar-refractivity contribution in [2.45, 2.75) is 52.2 Å². The quantitative estimate of drug-likeness (QED) is 0.780. The van der Waals surface area contributed by atoms with Crippen LogP contribution in [0.15, 0.2) is 64.5 Å². The third kappa shape index (κ3) is 4.17. The first-order chi connectivity index (χ1) is 14.8. The van der Waals surface area contributed by atoms with Crippen LogP contribution in [0.2, 0.25) is 0 Å². The molecule has 1 aromatic carbocycles. The van der Waals surface area contributed by atoms with Gasteiger partial charge in [-0.1, -0.05) is 51.1 Å². The van der Waals surface area contributed by atoms with Crippen LogP contribution < -0.4 is 0 Å². The van der Waals surface area contributed by atoms with Gasteiger partial charge in [0.1, 0.15) is 11.8 Å². The summed E-state index contributed by atoms with van der Waals surface area (Å²) in [5.74, 6) is -0.635. The van der Waals surface area contributed by atoms with Crippen LogP contribution in [0.1, 0.15) is 51.0 Å². The van der Waals surface area contributed by atoms with E-state index in [1.165, 1.54) is 11.8 Å². The lowest BCUT2D eigenvalue weighted by Gasteiger charge is -2.39. The highest BCUT2D eigenvalue weighted by Crippen LogP contribution is 2.43. The SMILES string of the molecule is CC(C)(C)C(=O)C1=C(O)C(=O)N(C2CCN(Cc3ccccc3)CC2)C1c1ccco1. The van der Waals surface area contributed by atoms with Gasteiger partial charge in [0.2, 0.25) is 0 Å². The van der Waals surface area contributed by atoms with Crippen LogP contribution in [-0.4, -0.2) is 45.7 Å². The number of aliphatic hydroxyl groups is 1. The summed E-state index contributed by atoms with van der Waals surface area (Å²) in [6.07, 6.45) is 3.09. The molecule has 0 spiro atoms. The normalized spacial score (nSPS) is 21.2. The van der Waals surface area contributed by atoms with Crippen LogP contribution in [-0.2, 0) is 16.1 Å². The number of hydrogen-bond acceptors (Lipinski definition) is 5. The zero-order chi connectivity index (χ0) is 22.2. The van der Waals surface area contributed by atoms with Crippen molar-refractivity contribution in [3.8, 4) is 0 Å². The molecule has 0 saturated carbocycles. The molecule has 2 aliphatic rings. The van der Waals surface area contributed by atoms with E-state index in [0.29, 0.717) is 5.76 Å². The predicted octanol–water partition coefficient (Wildman–Crippen LogP) is 4.25. The Morgan fingerprint density at radius 1 is 1.10 bits per heavy atom. The van der Waals surface area contributed by atoms with Crippen molar-refractivity contribution in [2.75, 3.05) is 13.1 Å². The summed E-state index contributed by atoms with van der Waals surface area (Å²) in [4.78, 5) is 30.4. The number of likely N-dealkylation sites (tertiary alicyclic amines) is 1. The van der Waals surface area contributed by atoms with Gasteiger partial charge in [-0.25, -0.2) is 0 Å². The zero-order valence-electron chi connectivity index (χ0n) is 18.4. The molecule has 4 rings (SSSR count). The maximum Gasteiger partial charge on any atom is 0.290 e. The highest BCUT2D eigenvalue weighted by molar-refractivity contribution is 6.10. The number of rotatable bonds is 5. The van der Waals surface area contributed by atoms with E-state index in [-0.39, 0.29) is 17.4 Å². The topological polar surface area (TPSA) is 74.0 Å². The van der Waals surface area contributed by atoms with E-state index >= 15 is 0 Å². The third-order valence-electron chi connectivity index (χ3n) is 6.18. The van der Waals surface area contributed by atoms with Gasteiger partial charge in [0, 0.05) is 31.1 Å². The number of hydrogen-bond donors (Lipinski definition) is 1. The van der Waals surface area contributed by atoms with Crippen LogP contribution in [0, 0.1) is 5.41 Å². The Hall–Kier alpha value is -2.86. The van der Waals surface area contributed by atoms with E-state index in [4.69, 9.17) is 4.42 Å². The van der Waals surface area contributed by atoms with Gasteiger partial charge in [0.25, 0.3) is 5.91 Å². The van der Waals surface area contributed by atoms with Gasteiger partial charge in [-0.3, -0.25) is 14.5 Å². The van der Waals surface area contributed by atoms with E-state index in [2.05, 4.69) is 17.0 Å². The second-order valence-corrected chi connectivity index (χ2v) is 9.46. The molecule has 2 aromatic rings. The van der Waals surface area contributed by atoms with Crippen molar-refractivity contribution < 1.29 is 19.1 Å². The van der Waals surface area contributed by atoms with Crippen molar-refractivity contribution in [1.29, 1.82) is 0 Å². The summed E-state index contributed by atoms with van der Waals surface area (Å²) < 4.78 is 5.63. The van der Waals surface area contributed by atoms with Crippen LogP contribution in [0.5, 0.6) is 0 Å². The number of piperidine rings is 1. The standard InChI is InChI=1S/C25H30N2O4/c1-25(2,3)23(29)20-21(19-10-7-15-31-19)27(24(30)22(20)28)18-11-13-26(14-12-18)16-17-8-5-4-6-9-17/h4-10,15,18,21,28H,11-14,16H2,1-3H3. The van der Waals surface area contributed by atoms with Crippen LogP contribution in [0.3, 0.4) is 0 Å². The lowest BCUT2D eigenvalue weighted by Crippen LogP contribution is -2.47. The van der Waals surface area contributed by atoms with Crippen LogP contribution >= 0.6 is 0 Å². The molecule has 1 unspecified atom stereocenters. The minimum Gasteiger partial charge on any atom is -0.503 e. The lowest BCUT2D eigenvalue weighted by atomic mass is 9.83. The summed E-state index contributed by atoms with van der Waals surface area (Å²) in [6, 6.07) is 13.1. The molecule has 6 nitrogen and oxygen atoms in total. The Morgan fingerprint density at radius 3 is 2.35 bits per heavy atom. The van der Waals surface area contributed by atoms with Crippen LogP contribution in [0.25, 0.3) is 0 Å². The first-order valence-corrected chi connectivity index (χ1v) is 10.9. The second kappa shape index (κ2) is 8.35.